The molecule has 0 aliphatic heterocycles. The van der Waals surface area contributed by atoms with Crippen LogP contribution in [0.5, 0.6) is 0 Å². The Balaban J connectivity index is 2.99. The third-order valence-corrected chi connectivity index (χ3v) is 3.61. The van der Waals surface area contributed by atoms with Gasteiger partial charge < -0.3 is 15.7 Å². The molecular formula is C13H19BrN2OS. The lowest BCUT2D eigenvalue weighted by Crippen LogP contribution is -2.32. The molecule has 3 nitrogen and oxygen atoms in total. The Kier molecular flexibility index (Phi) is 6.05. The van der Waals surface area contributed by atoms with Gasteiger partial charge in [-0.2, -0.15) is 0 Å². The second kappa shape index (κ2) is 7.07. The van der Waals surface area contributed by atoms with Crippen molar-refractivity contribution in [2.24, 2.45) is 5.73 Å². The Morgan fingerprint density at radius 1 is 1.50 bits per heavy atom. The predicted molar refractivity (Wildman–Crippen MR) is 84.2 cm³/mol. The molecule has 0 unspecified atom stereocenters. The number of anilines is 1. The van der Waals surface area contributed by atoms with Crippen LogP contribution in [0, 0.1) is 0 Å². The first-order valence-electron chi connectivity index (χ1n) is 5.94. The van der Waals surface area contributed by atoms with Crippen LogP contribution in [0.3, 0.4) is 0 Å². The van der Waals surface area contributed by atoms with E-state index in [1.165, 1.54) is 0 Å². The van der Waals surface area contributed by atoms with Crippen LogP contribution in [0.15, 0.2) is 22.7 Å². The molecule has 100 valence electrons. The Hall–Kier alpha value is -0.650. The van der Waals surface area contributed by atoms with Gasteiger partial charge in [-0.3, -0.25) is 0 Å². The number of nitrogens with zero attached hydrogens (tertiary/aromatic N) is 1. The van der Waals surface area contributed by atoms with Crippen LogP contribution in [0.2, 0.25) is 0 Å². The van der Waals surface area contributed by atoms with Gasteiger partial charge in [-0.05, 0) is 54.4 Å². The van der Waals surface area contributed by atoms with Crippen molar-refractivity contribution < 1.29 is 5.11 Å². The van der Waals surface area contributed by atoms with E-state index in [9.17, 15) is 0 Å². The van der Waals surface area contributed by atoms with Gasteiger partial charge >= 0.3 is 0 Å². The molecule has 1 aromatic carbocycles. The van der Waals surface area contributed by atoms with E-state index in [0.717, 1.165) is 28.7 Å². The van der Waals surface area contributed by atoms with Crippen molar-refractivity contribution in [3.05, 3.63) is 28.2 Å². The standard InChI is InChI=1S/C13H19BrN2OS/c1-9(2)16(6-3-7-17)10-4-5-11(13(15)18)12(14)8-10/h4-5,8-9,17H,3,6-7H2,1-2H3,(H2,15,18). The number of aliphatic hydroxyl groups is 1. The van der Waals surface area contributed by atoms with Crippen molar-refractivity contribution in [3.8, 4) is 0 Å². The van der Waals surface area contributed by atoms with Crippen molar-refractivity contribution in [3.63, 3.8) is 0 Å². The predicted octanol–water partition coefficient (Wildman–Crippen LogP) is 2.68. The molecule has 5 heteroatoms. The zero-order chi connectivity index (χ0) is 13.7. The molecule has 1 rings (SSSR count). The SMILES string of the molecule is CC(C)N(CCCO)c1ccc(C(N)=S)c(Br)c1. The minimum atomic E-state index is 0.204. The van der Waals surface area contributed by atoms with Crippen molar-refractivity contribution in [1.29, 1.82) is 0 Å². The van der Waals surface area contributed by atoms with Crippen molar-refractivity contribution in [2.75, 3.05) is 18.1 Å². The second-order valence-electron chi connectivity index (χ2n) is 4.39. The van der Waals surface area contributed by atoms with Gasteiger partial charge in [0.2, 0.25) is 0 Å². The number of thiocarbonyl (C=S) groups is 1. The lowest BCUT2D eigenvalue weighted by Gasteiger charge is -2.29. The summed E-state index contributed by atoms with van der Waals surface area (Å²) in [5.74, 6) is 0. The Morgan fingerprint density at radius 3 is 2.61 bits per heavy atom. The molecule has 0 fully saturated rings. The van der Waals surface area contributed by atoms with Gasteiger partial charge in [-0.1, -0.05) is 12.2 Å². The van der Waals surface area contributed by atoms with Crippen molar-refractivity contribution in [2.45, 2.75) is 26.3 Å². The summed E-state index contributed by atoms with van der Waals surface area (Å²) < 4.78 is 0.905. The molecule has 18 heavy (non-hydrogen) atoms. The lowest BCUT2D eigenvalue weighted by molar-refractivity contribution is 0.288. The maximum atomic E-state index is 8.95. The fraction of sp³-hybridized carbons (Fsp3) is 0.462. The first kappa shape index (κ1) is 15.4. The smallest absolute Gasteiger partial charge is 0.105 e. The van der Waals surface area contributed by atoms with Crippen LogP contribution < -0.4 is 10.6 Å². The van der Waals surface area contributed by atoms with Gasteiger partial charge in [-0.25, -0.2) is 0 Å². The number of benzene rings is 1. The number of hydrogen-bond donors (Lipinski definition) is 2. The van der Waals surface area contributed by atoms with E-state index >= 15 is 0 Å². The quantitative estimate of drug-likeness (QED) is 0.787. The van der Waals surface area contributed by atoms with Gasteiger partial charge in [0.25, 0.3) is 0 Å². The van der Waals surface area contributed by atoms with E-state index in [-0.39, 0.29) is 6.61 Å². The van der Waals surface area contributed by atoms with Gasteiger partial charge in [0.05, 0.1) is 0 Å². The fourth-order valence-electron chi connectivity index (χ4n) is 1.81. The summed E-state index contributed by atoms with van der Waals surface area (Å²) in [7, 11) is 0. The third-order valence-electron chi connectivity index (χ3n) is 2.73. The Labute approximate surface area is 122 Å². The van der Waals surface area contributed by atoms with E-state index < -0.39 is 0 Å². The van der Waals surface area contributed by atoms with Crippen LogP contribution in [0.1, 0.15) is 25.8 Å². The maximum absolute atomic E-state index is 8.95. The number of aliphatic hydroxyl groups excluding tert-OH is 1. The Bertz CT molecular complexity index is 423. The van der Waals surface area contributed by atoms with Crippen LogP contribution in [-0.4, -0.2) is 29.3 Å². The summed E-state index contributed by atoms with van der Waals surface area (Å²) in [6.45, 7) is 5.29. The number of rotatable bonds is 6. The highest BCUT2D eigenvalue weighted by molar-refractivity contribution is 9.10. The summed E-state index contributed by atoms with van der Waals surface area (Å²) in [5.41, 5.74) is 7.58. The van der Waals surface area contributed by atoms with E-state index in [0.29, 0.717) is 11.0 Å². The number of nitrogens with two attached hydrogens (primary N) is 1. The summed E-state index contributed by atoms with van der Waals surface area (Å²) in [4.78, 5) is 2.63. The number of hydrogen-bond acceptors (Lipinski definition) is 3. The largest absolute Gasteiger partial charge is 0.396 e. The van der Waals surface area contributed by atoms with E-state index in [1.54, 1.807) is 0 Å². The molecule has 0 spiro atoms. The molecule has 1 aromatic rings. The molecular weight excluding hydrogens is 312 g/mol. The van der Waals surface area contributed by atoms with E-state index in [1.807, 2.05) is 18.2 Å². The molecule has 0 aromatic heterocycles. The Morgan fingerprint density at radius 2 is 2.17 bits per heavy atom. The van der Waals surface area contributed by atoms with Crippen LogP contribution in [0.25, 0.3) is 0 Å². The molecule has 0 atom stereocenters. The molecule has 0 radical (unpaired) electrons. The molecule has 0 aliphatic carbocycles. The maximum Gasteiger partial charge on any atom is 0.105 e. The minimum absolute atomic E-state index is 0.204. The monoisotopic (exact) mass is 330 g/mol. The fourth-order valence-corrected chi connectivity index (χ4v) is 2.70. The number of halogens is 1. The molecule has 0 aliphatic rings. The van der Waals surface area contributed by atoms with Gasteiger partial charge in [0.15, 0.2) is 0 Å². The highest BCUT2D eigenvalue weighted by Gasteiger charge is 2.12. The first-order valence-corrected chi connectivity index (χ1v) is 7.14. The topological polar surface area (TPSA) is 49.5 Å². The summed E-state index contributed by atoms with van der Waals surface area (Å²) in [5, 5.41) is 8.95. The van der Waals surface area contributed by atoms with Crippen LogP contribution >= 0.6 is 28.1 Å². The van der Waals surface area contributed by atoms with Crippen molar-refractivity contribution in [1.82, 2.24) is 0 Å². The zero-order valence-electron chi connectivity index (χ0n) is 10.7. The molecule has 0 bridgehead atoms. The minimum Gasteiger partial charge on any atom is -0.396 e. The van der Waals surface area contributed by atoms with E-state index in [2.05, 4.69) is 34.7 Å². The van der Waals surface area contributed by atoms with E-state index in [4.69, 9.17) is 23.1 Å². The second-order valence-corrected chi connectivity index (χ2v) is 5.69. The molecule has 0 saturated carbocycles. The van der Waals surface area contributed by atoms with Gasteiger partial charge in [-0.15, -0.1) is 0 Å². The average molecular weight is 331 g/mol. The lowest BCUT2D eigenvalue weighted by atomic mass is 10.1. The van der Waals surface area contributed by atoms with Crippen molar-refractivity contribution >= 4 is 38.8 Å². The third kappa shape index (κ3) is 3.93. The molecule has 3 N–H and O–H groups in total. The normalized spacial score (nSPS) is 10.7. The molecule has 0 saturated heterocycles. The van der Waals surface area contributed by atoms with Crippen LogP contribution in [-0.2, 0) is 0 Å². The molecule has 0 amide bonds. The summed E-state index contributed by atoms with van der Waals surface area (Å²) in [6.07, 6.45) is 0.757. The summed E-state index contributed by atoms with van der Waals surface area (Å²) in [6, 6.07) is 6.33. The first-order chi connectivity index (χ1) is 8.47. The van der Waals surface area contributed by atoms with Gasteiger partial charge in [0, 0.05) is 34.9 Å². The average Bonchev–Trinajstić information content (AvgIpc) is 2.28. The molecule has 0 heterocycles. The summed E-state index contributed by atoms with van der Waals surface area (Å²) >= 11 is 8.47. The van der Waals surface area contributed by atoms with Crippen LogP contribution in [0.4, 0.5) is 5.69 Å². The van der Waals surface area contributed by atoms with Gasteiger partial charge in [0.1, 0.15) is 4.99 Å². The highest BCUT2D eigenvalue weighted by Crippen LogP contribution is 2.25. The highest BCUT2D eigenvalue weighted by atomic mass is 79.9. The zero-order valence-corrected chi connectivity index (χ0v) is 13.1.